The maximum Gasteiger partial charge on any atom is 0.317 e. The number of ether oxygens (including phenoxy) is 1. The Hall–Kier alpha value is -1.05. The number of carboxylic acid groups (broad SMARTS) is 1. The Morgan fingerprint density at radius 1 is 1.71 bits per heavy atom. The second kappa shape index (κ2) is 5.63. The van der Waals surface area contributed by atoms with Crippen molar-refractivity contribution < 1.29 is 14.6 Å². The van der Waals surface area contributed by atoms with E-state index in [1.54, 1.807) is 4.90 Å². The number of carboxylic acids is 1. The van der Waals surface area contributed by atoms with Crippen LogP contribution in [0.25, 0.3) is 0 Å². The quantitative estimate of drug-likeness (QED) is 0.632. The van der Waals surface area contributed by atoms with Gasteiger partial charge in [-0.25, -0.2) is 0 Å². The second-order valence-corrected chi connectivity index (χ2v) is 3.50. The van der Waals surface area contributed by atoms with Gasteiger partial charge in [-0.05, 0) is 12.3 Å². The van der Waals surface area contributed by atoms with Crippen molar-refractivity contribution in [3.05, 3.63) is 0 Å². The van der Waals surface area contributed by atoms with E-state index < -0.39 is 5.97 Å². The van der Waals surface area contributed by atoms with Gasteiger partial charge in [0.2, 0.25) is 0 Å². The zero-order valence-electron chi connectivity index (χ0n) is 8.11. The van der Waals surface area contributed by atoms with E-state index in [4.69, 9.17) is 16.3 Å². The number of rotatable bonds is 5. The fourth-order valence-corrected chi connectivity index (χ4v) is 1.60. The Morgan fingerprint density at radius 3 is 3.00 bits per heavy atom. The standard InChI is InChI=1S/C10H15NO3/c1-2-4-11(7-10(12)13)6-9-3-5-14-8-9/h1,9H,3-8H2,(H,12,13). The van der Waals surface area contributed by atoms with Gasteiger partial charge in [-0.2, -0.15) is 0 Å². The van der Waals surface area contributed by atoms with Crippen LogP contribution in [-0.4, -0.2) is 48.8 Å². The normalized spacial score (nSPS) is 21.0. The van der Waals surface area contributed by atoms with Crippen LogP contribution in [0.2, 0.25) is 0 Å². The lowest BCUT2D eigenvalue weighted by molar-refractivity contribution is -0.138. The predicted octanol–water partition coefficient (Wildman–Crippen LogP) is 0.0427. The number of nitrogens with zero attached hydrogens (tertiary/aromatic N) is 1. The SMILES string of the molecule is C#CCN(CC(=O)O)CC1CCOC1. The lowest BCUT2D eigenvalue weighted by atomic mass is 10.1. The van der Waals surface area contributed by atoms with Crippen molar-refractivity contribution in [1.82, 2.24) is 4.90 Å². The average Bonchev–Trinajstić information content (AvgIpc) is 2.56. The van der Waals surface area contributed by atoms with Crippen molar-refractivity contribution in [1.29, 1.82) is 0 Å². The Balaban J connectivity index is 2.34. The van der Waals surface area contributed by atoms with Crippen molar-refractivity contribution in [2.24, 2.45) is 5.92 Å². The van der Waals surface area contributed by atoms with Crippen LogP contribution in [0.3, 0.4) is 0 Å². The number of aliphatic carboxylic acids is 1. The van der Waals surface area contributed by atoms with Crippen LogP contribution in [0.1, 0.15) is 6.42 Å². The van der Waals surface area contributed by atoms with Crippen molar-refractivity contribution in [2.45, 2.75) is 6.42 Å². The fourth-order valence-electron chi connectivity index (χ4n) is 1.60. The summed E-state index contributed by atoms with van der Waals surface area (Å²) < 4.78 is 5.22. The zero-order valence-corrected chi connectivity index (χ0v) is 8.11. The summed E-state index contributed by atoms with van der Waals surface area (Å²) in [6.45, 7) is 2.63. The first-order valence-electron chi connectivity index (χ1n) is 4.67. The van der Waals surface area contributed by atoms with E-state index in [0.717, 1.165) is 26.2 Å². The Kier molecular flexibility index (Phi) is 4.44. The summed E-state index contributed by atoms with van der Waals surface area (Å²) in [4.78, 5) is 12.3. The molecule has 0 bridgehead atoms. The molecule has 14 heavy (non-hydrogen) atoms. The summed E-state index contributed by atoms with van der Waals surface area (Å²) >= 11 is 0. The van der Waals surface area contributed by atoms with E-state index in [1.807, 2.05) is 0 Å². The molecule has 0 amide bonds. The third-order valence-corrected chi connectivity index (χ3v) is 2.21. The van der Waals surface area contributed by atoms with E-state index in [0.29, 0.717) is 12.5 Å². The number of carbonyl (C=O) groups is 1. The van der Waals surface area contributed by atoms with Gasteiger partial charge in [-0.1, -0.05) is 5.92 Å². The summed E-state index contributed by atoms with van der Waals surface area (Å²) in [5, 5.41) is 8.64. The number of hydrogen-bond acceptors (Lipinski definition) is 3. The van der Waals surface area contributed by atoms with Crippen LogP contribution >= 0.6 is 0 Å². The van der Waals surface area contributed by atoms with E-state index >= 15 is 0 Å². The van der Waals surface area contributed by atoms with Gasteiger partial charge in [0.15, 0.2) is 0 Å². The molecule has 1 rings (SSSR count). The lowest BCUT2D eigenvalue weighted by Gasteiger charge is -2.20. The first-order chi connectivity index (χ1) is 6.72. The van der Waals surface area contributed by atoms with Crippen molar-refractivity contribution in [2.75, 3.05) is 32.8 Å². The highest BCUT2D eigenvalue weighted by Crippen LogP contribution is 2.13. The minimum atomic E-state index is -0.834. The molecular formula is C10H15NO3. The van der Waals surface area contributed by atoms with Gasteiger partial charge < -0.3 is 9.84 Å². The molecule has 0 aromatic carbocycles. The van der Waals surface area contributed by atoms with E-state index in [-0.39, 0.29) is 6.54 Å². The summed E-state index contributed by atoms with van der Waals surface area (Å²) in [6.07, 6.45) is 6.16. The molecule has 0 radical (unpaired) electrons. The van der Waals surface area contributed by atoms with Crippen molar-refractivity contribution >= 4 is 5.97 Å². The van der Waals surface area contributed by atoms with E-state index in [2.05, 4.69) is 5.92 Å². The van der Waals surface area contributed by atoms with Crippen LogP contribution in [0.4, 0.5) is 0 Å². The van der Waals surface area contributed by atoms with Gasteiger partial charge in [0.05, 0.1) is 19.7 Å². The van der Waals surface area contributed by atoms with Crippen LogP contribution < -0.4 is 0 Å². The topological polar surface area (TPSA) is 49.8 Å². The summed E-state index contributed by atoms with van der Waals surface area (Å²) in [5.41, 5.74) is 0. The molecule has 1 atom stereocenters. The van der Waals surface area contributed by atoms with Crippen molar-refractivity contribution in [3.8, 4) is 12.3 Å². The van der Waals surface area contributed by atoms with Gasteiger partial charge in [0.1, 0.15) is 0 Å². The molecule has 0 aromatic heterocycles. The summed E-state index contributed by atoms with van der Waals surface area (Å²) in [5.74, 6) is 2.07. The predicted molar refractivity (Wildman–Crippen MR) is 51.8 cm³/mol. The van der Waals surface area contributed by atoms with Crippen LogP contribution in [-0.2, 0) is 9.53 Å². The molecule has 1 heterocycles. The molecule has 0 saturated carbocycles. The molecule has 1 saturated heterocycles. The molecule has 0 aliphatic carbocycles. The summed E-state index contributed by atoms with van der Waals surface area (Å²) in [7, 11) is 0. The smallest absolute Gasteiger partial charge is 0.317 e. The van der Waals surface area contributed by atoms with Gasteiger partial charge in [0, 0.05) is 13.2 Å². The van der Waals surface area contributed by atoms with Gasteiger partial charge in [0.25, 0.3) is 0 Å². The first-order valence-corrected chi connectivity index (χ1v) is 4.67. The van der Waals surface area contributed by atoms with Crippen molar-refractivity contribution in [3.63, 3.8) is 0 Å². The maximum atomic E-state index is 10.5. The van der Waals surface area contributed by atoms with Crippen LogP contribution in [0, 0.1) is 18.3 Å². The third kappa shape index (κ3) is 3.77. The highest BCUT2D eigenvalue weighted by molar-refractivity contribution is 5.69. The average molecular weight is 197 g/mol. The van der Waals surface area contributed by atoms with Crippen LogP contribution in [0.15, 0.2) is 0 Å². The Bertz CT molecular complexity index is 228. The second-order valence-electron chi connectivity index (χ2n) is 3.50. The van der Waals surface area contributed by atoms with Gasteiger partial charge in [-0.15, -0.1) is 6.42 Å². The highest BCUT2D eigenvalue weighted by atomic mass is 16.5. The van der Waals surface area contributed by atoms with Gasteiger partial charge >= 0.3 is 5.97 Å². The molecule has 1 unspecified atom stereocenters. The lowest BCUT2D eigenvalue weighted by Crippen LogP contribution is -2.34. The van der Waals surface area contributed by atoms with Crippen LogP contribution in [0.5, 0.6) is 0 Å². The third-order valence-electron chi connectivity index (χ3n) is 2.21. The molecule has 1 aliphatic rings. The van der Waals surface area contributed by atoms with E-state index in [9.17, 15) is 4.79 Å². The first kappa shape index (κ1) is 11.0. The minimum absolute atomic E-state index is 0.0146. The molecule has 0 spiro atoms. The molecule has 4 nitrogen and oxygen atoms in total. The summed E-state index contributed by atoms with van der Waals surface area (Å²) in [6, 6.07) is 0. The maximum absolute atomic E-state index is 10.5. The number of hydrogen-bond donors (Lipinski definition) is 1. The van der Waals surface area contributed by atoms with E-state index in [1.165, 1.54) is 0 Å². The Morgan fingerprint density at radius 2 is 2.50 bits per heavy atom. The molecule has 0 aromatic rings. The highest BCUT2D eigenvalue weighted by Gasteiger charge is 2.19. The molecule has 1 aliphatic heterocycles. The molecule has 78 valence electrons. The fraction of sp³-hybridized carbons (Fsp3) is 0.700. The monoisotopic (exact) mass is 197 g/mol. The van der Waals surface area contributed by atoms with Gasteiger partial charge in [-0.3, -0.25) is 9.69 Å². The Labute approximate surface area is 83.8 Å². The molecule has 1 N–H and O–H groups in total. The number of terminal acetylenes is 1. The minimum Gasteiger partial charge on any atom is -0.480 e. The molecular weight excluding hydrogens is 182 g/mol. The largest absolute Gasteiger partial charge is 0.480 e. The zero-order chi connectivity index (χ0) is 10.4. The molecule has 1 fully saturated rings. The molecule has 4 heteroatoms.